The van der Waals surface area contributed by atoms with Gasteiger partial charge in [0.2, 0.25) is 11.6 Å². The van der Waals surface area contributed by atoms with Crippen LogP contribution in [0.4, 0.5) is 0 Å². The van der Waals surface area contributed by atoms with E-state index in [1.54, 1.807) is 27.2 Å². The van der Waals surface area contributed by atoms with Gasteiger partial charge in [-0.15, -0.1) is 6.58 Å². The molecule has 0 aromatic rings. The molecule has 0 spiro atoms. The quantitative estimate of drug-likeness (QED) is 0.693. The van der Waals surface area contributed by atoms with Crippen molar-refractivity contribution in [3.8, 4) is 0 Å². The number of ether oxygens (including phenoxy) is 4. The van der Waals surface area contributed by atoms with Gasteiger partial charge in [-0.1, -0.05) is 13.0 Å². The fraction of sp³-hybridized carbons (Fsp3) is 0.833. The molecular formula is C12H22O4. The fourth-order valence-electron chi connectivity index (χ4n) is 1.89. The van der Waals surface area contributed by atoms with E-state index in [-0.39, 0.29) is 12.2 Å². The Bertz CT molecular complexity index is 255. The van der Waals surface area contributed by atoms with E-state index in [4.69, 9.17) is 18.9 Å². The minimum atomic E-state index is -0.938. The van der Waals surface area contributed by atoms with Gasteiger partial charge in [0.1, 0.15) is 6.10 Å². The Morgan fingerprint density at radius 2 is 1.69 bits per heavy atom. The van der Waals surface area contributed by atoms with Crippen molar-refractivity contribution in [3.63, 3.8) is 0 Å². The van der Waals surface area contributed by atoms with Gasteiger partial charge in [-0.05, 0) is 20.3 Å². The SMILES string of the molecule is C=C[C@H]1O[C@@](C)(OC)[C@](C)(OC)O[C@@H]1CC. The van der Waals surface area contributed by atoms with Gasteiger partial charge in [-0.3, -0.25) is 0 Å². The Balaban J connectivity index is 2.99. The zero-order valence-corrected chi connectivity index (χ0v) is 10.8. The lowest BCUT2D eigenvalue weighted by Crippen LogP contribution is -2.64. The van der Waals surface area contributed by atoms with Gasteiger partial charge < -0.3 is 18.9 Å². The summed E-state index contributed by atoms with van der Waals surface area (Å²) in [7, 11) is 3.16. The van der Waals surface area contributed by atoms with Crippen LogP contribution < -0.4 is 0 Å². The number of rotatable bonds is 4. The third-order valence-electron chi connectivity index (χ3n) is 3.34. The second-order valence-corrected chi connectivity index (χ2v) is 4.18. The van der Waals surface area contributed by atoms with E-state index in [2.05, 4.69) is 6.58 Å². The first-order valence-electron chi connectivity index (χ1n) is 5.54. The molecule has 1 heterocycles. The van der Waals surface area contributed by atoms with Crippen molar-refractivity contribution in [2.24, 2.45) is 0 Å². The van der Waals surface area contributed by atoms with Crippen LogP contribution >= 0.6 is 0 Å². The summed E-state index contributed by atoms with van der Waals surface area (Å²) >= 11 is 0. The van der Waals surface area contributed by atoms with Crippen molar-refractivity contribution in [2.75, 3.05) is 14.2 Å². The molecule has 0 saturated carbocycles. The second kappa shape index (κ2) is 4.84. The van der Waals surface area contributed by atoms with Crippen LogP contribution in [0.25, 0.3) is 0 Å². The largest absolute Gasteiger partial charge is 0.349 e. The highest BCUT2D eigenvalue weighted by Gasteiger charge is 2.55. The van der Waals surface area contributed by atoms with E-state index in [0.29, 0.717) is 0 Å². The maximum atomic E-state index is 5.94. The van der Waals surface area contributed by atoms with E-state index in [1.807, 2.05) is 13.8 Å². The van der Waals surface area contributed by atoms with E-state index in [1.165, 1.54) is 0 Å². The highest BCUT2D eigenvalue weighted by atomic mass is 16.8. The zero-order valence-electron chi connectivity index (χ0n) is 10.8. The zero-order chi connectivity index (χ0) is 12.4. The van der Waals surface area contributed by atoms with E-state index in [9.17, 15) is 0 Å². The summed E-state index contributed by atoms with van der Waals surface area (Å²) in [6.07, 6.45) is 2.32. The summed E-state index contributed by atoms with van der Waals surface area (Å²) < 4.78 is 22.6. The molecule has 4 heteroatoms. The van der Waals surface area contributed by atoms with Crippen LogP contribution in [-0.4, -0.2) is 38.0 Å². The standard InChI is InChI=1S/C12H22O4/c1-7-9-10(8-2)16-12(4,14-6)11(3,13-5)15-9/h7,9-10H,1,8H2,2-6H3/t9-,10-,11-,12-/m1/s1. The molecule has 0 aromatic carbocycles. The summed E-state index contributed by atoms with van der Waals surface area (Å²) in [4.78, 5) is 0. The third-order valence-corrected chi connectivity index (χ3v) is 3.34. The first kappa shape index (κ1) is 13.6. The molecule has 1 fully saturated rings. The van der Waals surface area contributed by atoms with Gasteiger partial charge in [0.15, 0.2) is 0 Å². The van der Waals surface area contributed by atoms with Crippen molar-refractivity contribution in [2.45, 2.75) is 51.0 Å². The molecule has 94 valence electrons. The Kier molecular flexibility index (Phi) is 4.12. The molecule has 16 heavy (non-hydrogen) atoms. The Hall–Kier alpha value is -0.420. The van der Waals surface area contributed by atoms with Gasteiger partial charge in [-0.2, -0.15) is 0 Å². The Labute approximate surface area is 97.5 Å². The molecule has 1 aliphatic rings. The first-order valence-corrected chi connectivity index (χ1v) is 5.54. The normalized spacial score (nSPS) is 44.3. The highest BCUT2D eigenvalue weighted by Crippen LogP contribution is 2.39. The minimum absolute atomic E-state index is 0.0642. The summed E-state index contributed by atoms with van der Waals surface area (Å²) in [5.74, 6) is -1.85. The van der Waals surface area contributed by atoms with E-state index >= 15 is 0 Å². The maximum Gasteiger partial charge on any atom is 0.220 e. The molecule has 4 atom stereocenters. The summed E-state index contributed by atoms with van der Waals surface area (Å²) in [5, 5.41) is 0. The van der Waals surface area contributed by atoms with E-state index in [0.717, 1.165) is 6.42 Å². The molecule has 0 bridgehead atoms. The Morgan fingerprint density at radius 1 is 1.19 bits per heavy atom. The molecule has 0 radical (unpaired) electrons. The molecule has 0 aliphatic carbocycles. The lowest BCUT2D eigenvalue weighted by Gasteiger charge is -2.51. The lowest BCUT2D eigenvalue weighted by atomic mass is 10.0. The van der Waals surface area contributed by atoms with Crippen molar-refractivity contribution < 1.29 is 18.9 Å². The number of hydrogen-bond donors (Lipinski definition) is 0. The van der Waals surface area contributed by atoms with Crippen LogP contribution in [0.5, 0.6) is 0 Å². The van der Waals surface area contributed by atoms with Crippen LogP contribution in [-0.2, 0) is 18.9 Å². The van der Waals surface area contributed by atoms with Crippen molar-refractivity contribution in [1.29, 1.82) is 0 Å². The van der Waals surface area contributed by atoms with Gasteiger partial charge in [0.05, 0.1) is 6.10 Å². The van der Waals surface area contributed by atoms with Crippen molar-refractivity contribution in [1.82, 2.24) is 0 Å². The predicted octanol–water partition coefficient (Wildman–Crippen LogP) is 2.09. The molecule has 1 rings (SSSR count). The molecule has 0 unspecified atom stereocenters. The van der Waals surface area contributed by atoms with Crippen molar-refractivity contribution in [3.05, 3.63) is 12.7 Å². The van der Waals surface area contributed by atoms with Gasteiger partial charge in [0, 0.05) is 14.2 Å². The molecule has 1 saturated heterocycles. The monoisotopic (exact) mass is 230 g/mol. The van der Waals surface area contributed by atoms with Gasteiger partial charge in [-0.25, -0.2) is 0 Å². The predicted molar refractivity (Wildman–Crippen MR) is 61.1 cm³/mol. The van der Waals surface area contributed by atoms with E-state index < -0.39 is 11.6 Å². The third kappa shape index (κ3) is 2.02. The average Bonchev–Trinajstić information content (AvgIpc) is 2.31. The molecular weight excluding hydrogens is 208 g/mol. The summed E-state index contributed by atoms with van der Waals surface area (Å²) in [5.41, 5.74) is 0. The molecule has 1 aliphatic heterocycles. The second-order valence-electron chi connectivity index (χ2n) is 4.18. The van der Waals surface area contributed by atoms with Crippen LogP contribution in [0, 0.1) is 0 Å². The minimum Gasteiger partial charge on any atom is -0.349 e. The van der Waals surface area contributed by atoms with Crippen LogP contribution in [0.15, 0.2) is 12.7 Å². The summed E-state index contributed by atoms with van der Waals surface area (Å²) in [6, 6.07) is 0. The van der Waals surface area contributed by atoms with Gasteiger partial charge in [0.25, 0.3) is 0 Å². The molecule has 0 N–H and O–H groups in total. The first-order chi connectivity index (χ1) is 7.46. The fourth-order valence-corrected chi connectivity index (χ4v) is 1.89. The topological polar surface area (TPSA) is 36.9 Å². The average molecular weight is 230 g/mol. The van der Waals surface area contributed by atoms with Crippen LogP contribution in [0.1, 0.15) is 27.2 Å². The van der Waals surface area contributed by atoms with Crippen LogP contribution in [0.2, 0.25) is 0 Å². The van der Waals surface area contributed by atoms with Crippen molar-refractivity contribution >= 4 is 0 Å². The maximum absolute atomic E-state index is 5.94. The lowest BCUT2D eigenvalue weighted by molar-refractivity contribution is -0.442. The smallest absolute Gasteiger partial charge is 0.220 e. The Morgan fingerprint density at radius 3 is 2.06 bits per heavy atom. The highest BCUT2D eigenvalue weighted by molar-refractivity contribution is 4.97. The number of methoxy groups -OCH3 is 2. The summed E-state index contributed by atoms with van der Waals surface area (Å²) in [6.45, 7) is 9.41. The number of hydrogen-bond acceptors (Lipinski definition) is 4. The van der Waals surface area contributed by atoms with Crippen LogP contribution in [0.3, 0.4) is 0 Å². The molecule has 4 nitrogen and oxygen atoms in total. The molecule has 0 aromatic heterocycles. The van der Waals surface area contributed by atoms with Gasteiger partial charge >= 0.3 is 0 Å². The molecule has 0 amide bonds.